The molecular formula is C30H34O6. The van der Waals surface area contributed by atoms with E-state index in [9.17, 15) is 19.8 Å². The first-order valence-corrected chi connectivity index (χ1v) is 12.6. The molecule has 0 saturated carbocycles. The molecule has 0 spiro atoms. The van der Waals surface area contributed by atoms with Crippen molar-refractivity contribution in [3.63, 3.8) is 0 Å². The summed E-state index contributed by atoms with van der Waals surface area (Å²) in [4.78, 5) is 23.7. The third-order valence-electron chi connectivity index (χ3n) is 5.98. The molecule has 0 aromatic heterocycles. The fourth-order valence-electron chi connectivity index (χ4n) is 3.99. The molecular weight excluding hydrogens is 456 g/mol. The van der Waals surface area contributed by atoms with Crippen molar-refractivity contribution in [2.45, 2.75) is 52.4 Å². The Morgan fingerprint density at radius 3 is 1.33 bits per heavy atom. The van der Waals surface area contributed by atoms with Crippen LogP contribution in [0, 0.1) is 0 Å². The summed E-state index contributed by atoms with van der Waals surface area (Å²) in [6, 6.07) is 17.2. The highest BCUT2D eigenvalue weighted by molar-refractivity contribution is 5.98. The topological polar surface area (TPSA) is 93.1 Å². The lowest BCUT2D eigenvalue weighted by Gasteiger charge is -2.13. The fraction of sp³-hybridized carbons (Fsp3) is 0.333. The van der Waals surface area contributed by atoms with Crippen LogP contribution in [0.3, 0.4) is 0 Å². The molecule has 6 nitrogen and oxygen atoms in total. The van der Waals surface area contributed by atoms with Gasteiger partial charge in [0, 0.05) is 0 Å². The van der Waals surface area contributed by atoms with Crippen LogP contribution in [-0.4, -0.2) is 35.4 Å². The van der Waals surface area contributed by atoms with E-state index >= 15 is 0 Å². The smallest absolute Gasteiger partial charge is 0.336 e. The highest BCUT2D eigenvalue weighted by Crippen LogP contribution is 2.33. The molecule has 2 N–H and O–H groups in total. The Hall–Kier alpha value is -3.80. The predicted octanol–water partition coefficient (Wildman–Crippen LogP) is 7.56. The second-order valence-corrected chi connectivity index (χ2v) is 8.71. The number of hydrogen-bond acceptors (Lipinski definition) is 4. The molecule has 0 atom stereocenters. The van der Waals surface area contributed by atoms with Gasteiger partial charge in [-0.3, -0.25) is 0 Å². The lowest BCUT2D eigenvalue weighted by Crippen LogP contribution is -2.03. The Kier molecular flexibility index (Phi) is 9.92. The first kappa shape index (κ1) is 26.8. The minimum absolute atomic E-state index is 0.178. The van der Waals surface area contributed by atoms with Gasteiger partial charge in [-0.1, -0.05) is 63.8 Å². The maximum Gasteiger partial charge on any atom is 0.336 e. The highest BCUT2D eigenvalue weighted by atomic mass is 16.5. The van der Waals surface area contributed by atoms with Crippen molar-refractivity contribution in [2.24, 2.45) is 0 Å². The van der Waals surface area contributed by atoms with Gasteiger partial charge in [-0.05, 0) is 71.5 Å². The number of aromatic carboxylic acids is 2. The predicted molar refractivity (Wildman–Crippen MR) is 141 cm³/mol. The van der Waals surface area contributed by atoms with Crippen molar-refractivity contribution < 1.29 is 29.3 Å². The van der Waals surface area contributed by atoms with E-state index in [1.807, 2.05) is 0 Å². The van der Waals surface area contributed by atoms with Crippen molar-refractivity contribution in [1.29, 1.82) is 0 Å². The van der Waals surface area contributed by atoms with Crippen LogP contribution in [0.5, 0.6) is 11.5 Å². The number of ether oxygens (including phenoxy) is 2. The van der Waals surface area contributed by atoms with E-state index in [1.165, 1.54) is 0 Å². The van der Waals surface area contributed by atoms with E-state index in [0.717, 1.165) is 38.5 Å². The molecule has 0 heterocycles. The molecule has 3 rings (SSSR count). The van der Waals surface area contributed by atoms with Crippen LogP contribution >= 0.6 is 0 Å². The number of benzene rings is 3. The molecule has 0 saturated heterocycles. The number of carboxylic acid groups (broad SMARTS) is 2. The number of hydrogen-bond donors (Lipinski definition) is 2. The van der Waals surface area contributed by atoms with Crippen LogP contribution in [-0.2, 0) is 0 Å². The van der Waals surface area contributed by atoms with Crippen molar-refractivity contribution >= 4 is 11.9 Å². The average Bonchev–Trinajstić information content (AvgIpc) is 2.89. The Balaban J connectivity index is 1.90. The molecule has 0 radical (unpaired) electrons. The van der Waals surface area contributed by atoms with Gasteiger partial charge in [0.15, 0.2) is 0 Å². The first-order chi connectivity index (χ1) is 17.4. The Morgan fingerprint density at radius 1 is 0.611 bits per heavy atom. The van der Waals surface area contributed by atoms with Crippen molar-refractivity contribution in [2.75, 3.05) is 13.2 Å². The zero-order valence-corrected chi connectivity index (χ0v) is 21.0. The zero-order chi connectivity index (χ0) is 25.9. The van der Waals surface area contributed by atoms with Crippen LogP contribution in [0.25, 0.3) is 22.3 Å². The molecule has 6 heteroatoms. The number of rotatable bonds is 14. The molecule has 0 aliphatic rings. The van der Waals surface area contributed by atoms with Gasteiger partial charge in [0.05, 0.1) is 24.3 Å². The van der Waals surface area contributed by atoms with E-state index in [2.05, 4.69) is 13.8 Å². The summed E-state index contributed by atoms with van der Waals surface area (Å²) < 4.78 is 11.7. The van der Waals surface area contributed by atoms with Crippen molar-refractivity contribution in [3.05, 3.63) is 71.8 Å². The second kappa shape index (κ2) is 13.3. The van der Waals surface area contributed by atoms with Crippen LogP contribution in [0.4, 0.5) is 0 Å². The summed E-state index contributed by atoms with van der Waals surface area (Å²) in [5.74, 6) is -0.798. The van der Waals surface area contributed by atoms with Gasteiger partial charge in [0.2, 0.25) is 0 Å². The van der Waals surface area contributed by atoms with Gasteiger partial charge in [-0.25, -0.2) is 9.59 Å². The quantitative estimate of drug-likeness (QED) is 0.227. The van der Waals surface area contributed by atoms with Crippen LogP contribution < -0.4 is 9.47 Å². The molecule has 3 aromatic rings. The van der Waals surface area contributed by atoms with Crippen LogP contribution in [0.15, 0.2) is 60.7 Å². The molecule has 0 amide bonds. The standard InChI is InChI=1S/C30H34O6/c1-3-5-7-17-35-23-13-15-25(29(31)32)27(19-23)21-9-11-22(12-10-21)28-20-24(36-18-8-6-4-2)14-16-26(28)30(33)34/h9-16,19-20H,3-8,17-18H2,1-2H3,(H,31,32)(H,33,34). The summed E-state index contributed by atoms with van der Waals surface area (Å²) in [5, 5.41) is 19.4. The van der Waals surface area contributed by atoms with Gasteiger partial charge >= 0.3 is 11.9 Å². The van der Waals surface area contributed by atoms with E-state index in [-0.39, 0.29) is 11.1 Å². The van der Waals surface area contributed by atoms with Crippen molar-refractivity contribution in [1.82, 2.24) is 0 Å². The van der Waals surface area contributed by atoms with Gasteiger partial charge in [0.1, 0.15) is 11.5 Å². The van der Waals surface area contributed by atoms with E-state index < -0.39 is 11.9 Å². The van der Waals surface area contributed by atoms with Crippen LogP contribution in [0.2, 0.25) is 0 Å². The molecule has 3 aromatic carbocycles. The van der Waals surface area contributed by atoms with E-state index in [1.54, 1.807) is 60.7 Å². The molecule has 190 valence electrons. The minimum atomic E-state index is -1.02. The van der Waals surface area contributed by atoms with Crippen LogP contribution in [0.1, 0.15) is 73.1 Å². The molecule has 0 unspecified atom stereocenters. The van der Waals surface area contributed by atoms with Crippen molar-refractivity contribution in [3.8, 4) is 33.8 Å². The maximum atomic E-state index is 11.9. The number of carbonyl (C=O) groups is 2. The molecule has 0 fully saturated rings. The Bertz CT molecular complexity index is 1070. The molecule has 0 aliphatic carbocycles. The van der Waals surface area contributed by atoms with E-state index in [4.69, 9.17) is 9.47 Å². The fourth-order valence-corrected chi connectivity index (χ4v) is 3.99. The van der Waals surface area contributed by atoms with Gasteiger partial charge in [-0.15, -0.1) is 0 Å². The number of unbranched alkanes of at least 4 members (excludes halogenated alkanes) is 4. The summed E-state index contributed by atoms with van der Waals surface area (Å²) in [6.45, 7) is 5.40. The SMILES string of the molecule is CCCCCOc1ccc(C(=O)O)c(-c2ccc(-c3cc(OCCCCC)ccc3C(=O)O)cc2)c1. The maximum absolute atomic E-state index is 11.9. The largest absolute Gasteiger partial charge is 0.494 e. The first-order valence-electron chi connectivity index (χ1n) is 12.6. The zero-order valence-electron chi connectivity index (χ0n) is 21.0. The third-order valence-corrected chi connectivity index (χ3v) is 5.98. The Labute approximate surface area is 212 Å². The summed E-state index contributed by atoms with van der Waals surface area (Å²) >= 11 is 0. The van der Waals surface area contributed by atoms with Gasteiger partial charge in [0.25, 0.3) is 0 Å². The second-order valence-electron chi connectivity index (χ2n) is 8.71. The third kappa shape index (κ3) is 7.11. The molecule has 36 heavy (non-hydrogen) atoms. The van der Waals surface area contributed by atoms with Gasteiger partial charge in [-0.2, -0.15) is 0 Å². The summed E-state index contributed by atoms with van der Waals surface area (Å²) in [5.41, 5.74) is 2.87. The average molecular weight is 491 g/mol. The molecule has 0 bridgehead atoms. The lowest BCUT2D eigenvalue weighted by atomic mass is 9.94. The molecule has 0 aliphatic heterocycles. The summed E-state index contributed by atoms with van der Waals surface area (Å²) in [6.07, 6.45) is 6.21. The minimum Gasteiger partial charge on any atom is -0.494 e. The highest BCUT2D eigenvalue weighted by Gasteiger charge is 2.16. The monoisotopic (exact) mass is 490 g/mol. The normalized spacial score (nSPS) is 10.7. The lowest BCUT2D eigenvalue weighted by molar-refractivity contribution is 0.0686. The summed E-state index contributed by atoms with van der Waals surface area (Å²) in [7, 11) is 0. The van der Waals surface area contributed by atoms with E-state index in [0.29, 0.717) is 47.0 Å². The Morgan fingerprint density at radius 2 is 1.00 bits per heavy atom. The number of carboxylic acids is 2. The van der Waals surface area contributed by atoms with Gasteiger partial charge < -0.3 is 19.7 Å².